The van der Waals surface area contributed by atoms with Crippen LogP contribution in [0.1, 0.15) is 27.7 Å². The predicted molar refractivity (Wildman–Crippen MR) is 71.8 cm³/mol. The molecule has 2 amide bonds. The number of hydrogen-bond acceptors (Lipinski definition) is 4. The van der Waals surface area contributed by atoms with E-state index in [4.69, 9.17) is 5.11 Å². The lowest BCUT2D eigenvalue weighted by Gasteiger charge is -2.32. The molecule has 0 saturated heterocycles. The number of aliphatic carboxylic acids is 1. The van der Waals surface area contributed by atoms with Gasteiger partial charge in [0.2, 0.25) is 0 Å². The molecule has 0 unspecified atom stereocenters. The number of amides is 2. The number of urea groups is 1. The summed E-state index contributed by atoms with van der Waals surface area (Å²) in [6.07, 6.45) is 1.09. The quantitative estimate of drug-likeness (QED) is 0.759. The SMILES string of the molecule is CN(C(=O)NCC(C)(C)S(C)(=O)=O)C(C)(C)C(=O)O. The molecule has 0 aliphatic heterocycles. The molecule has 19 heavy (non-hydrogen) atoms. The smallest absolute Gasteiger partial charge is 0.329 e. The van der Waals surface area contributed by atoms with Crippen molar-refractivity contribution in [1.29, 1.82) is 0 Å². The van der Waals surface area contributed by atoms with Crippen molar-refractivity contribution >= 4 is 21.8 Å². The van der Waals surface area contributed by atoms with Crippen molar-refractivity contribution in [2.45, 2.75) is 38.0 Å². The van der Waals surface area contributed by atoms with Gasteiger partial charge in [0.05, 0.1) is 4.75 Å². The third-order valence-electron chi connectivity index (χ3n) is 3.34. The van der Waals surface area contributed by atoms with Gasteiger partial charge >= 0.3 is 12.0 Å². The first-order valence-electron chi connectivity index (χ1n) is 5.68. The Balaban J connectivity index is 4.80. The number of carbonyl (C=O) groups excluding carboxylic acids is 1. The number of sulfone groups is 1. The molecule has 0 radical (unpaired) electrons. The molecule has 8 heteroatoms. The molecular weight excluding hydrogens is 272 g/mol. The molecule has 0 aliphatic carbocycles. The summed E-state index contributed by atoms with van der Waals surface area (Å²) < 4.78 is 21.8. The van der Waals surface area contributed by atoms with E-state index in [0.29, 0.717) is 0 Å². The maximum atomic E-state index is 11.8. The van der Waals surface area contributed by atoms with Gasteiger partial charge in [-0.05, 0) is 27.7 Å². The number of carbonyl (C=O) groups is 2. The molecule has 0 aromatic carbocycles. The minimum atomic E-state index is -3.33. The monoisotopic (exact) mass is 294 g/mol. The summed E-state index contributed by atoms with van der Waals surface area (Å²) >= 11 is 0. The molecule has 0 saturated carbocycles. The van der Waals surface area contributed by atoms with Crippen molar-refractivity contribution < 1.29 is 23.1 Å². The van der Waals surface area contributed by atoms with E-state index >= 15 is 0 Å². The number of carboxylic acid groups (broad SMARTS) is 1. The van der Waals surface area contributed by atoms with E-state index in [0.717, 1.165) is 11.2 Å². The number of rotatable bonds is 5. The first-order chi connectivity index (χ1) is 8.23. The number of likely N-dealkylation sites (N-methyl/N-ethyl adjacent to an activating group) is 1. The summed E-state index contributed by atoms with van der Waals surface area (Å²) in [5.74, 6) is -1.15. The molecule has 112 valence electrons. The van der Waals surface area contributed by atoms with E-state index in [9.17, 15) is 18.0 Å². The second kappa shape index (κ2) is 5.36. The zero-order chi connectivity index (χ0) is 15.6. The number of nitrogens with zero attached hydrogens (tertiary/aromatic N) is 1. The van der Waals surface area contributed by atoms with Crippen LogP contribution in [0.2, 0.25) is 0 Å². The molecule has 0 aliphatic rings. The fourth-order valence-electron chi connectivity index (χ4n) is 0.935. The Morgan fingerprint density at radius 1 is 1.21 bits per heavy atom. The van der Waals surface area contributed by atoms with Crippen molar-refractivity contribution in [3.05, 3.63) is 0 Å². The third-order valence-corrected chi connectivity index (χ3v) is 5.49. The van der Waals surface area contributed by atoms with E-state index in [1.54, 1.807) is 0 Å². The summed E-state index contributed by atoms with van der Waals surface area (Å²) in [7, 11) is -1.98. The van der Waals surface area contributed by atoms with E-state index in [2.05, 4.69) is 5.32 Å². The minimum Gasteiger partial charge on any atom is -0.480 e. The molecule has 0 atom stereocenters. The van der Waals surface area contributed by atoms with E-state index in [1.165, 1.54) is 34.7 Å². The van der Waals surface area contributed by atoms with Gasteiger partial charge in [-0.3, -0.25) is 0 Å². The molecule has 7 nitrogen and oxygen atoms in total. The van der Waals surface area contributed by atoms with Crippen LogP contribution in [0, 0.1) is 0 Å². The Bertz CT molecular complexity index is 467. The maximum absolute atomic E-state index is 11.8. The Morgan fingerprint density at radius 3 is 1.95 bits per heavy atom. The van der Waals surface area contributed by atoms with Crippen LogP contribution in [-0.2, 0) is 14.6 Å². The van der Waals surface area contributed by atoms with Crippen LogP contribution in [0.15, 0.2) is 0 Å². The molecule has 0 aromatic heterocycles. The van der Waals surface area contributed by atoms with Crippen LogP contribution in [0.5, 0.6) is 0 Å². The second-order valence-corrected chi connectivity index (χ2v) is 8.26. The van der Waals surface area contributed by atoms with E-state index < -0.39 is 32.1 Å². The molecule has 2 N–H and O–H groups in total. The number of carboxylic acids is 1. The van der Waals surface area contributed by atoms with Gasteiger partial charge in [0.15, 0.2) is 9.84 Å². The summed E-state index contributed by atoms with van der Waals surface area (Å²) in [5, 5.41) is 11.4. The van der Waals surface area contributed by atoms with E-state index in [-0.39, 0.29) is 6.54 Å². The summed E-state index contributed by atoms with van der Waals surface area (Å²) in [5.41, 5.74) is -1.38. The lowest BCUT2D eigenvalue weighted by Crippen LogP contribution is -2.56. The topological polar surface area (TPSA) is 104 Å². The van der Waals surface area contributed by atoms with Gasteiger partial charge in [-0.1, -0.05) is 0 Å². The first kappa shape index (κ1) is 17.7. The third kappa shape index (κ3) is 4.09. The lowest BCUT2D eigenvalue weighted by molar-refractivity contribution is -0.146. The van der Waals surface area contributed by atoms with Crippen molar-refractivity contribution in [1.82, 2.24) is 10.2 Å². The van der Waals surface area contributed by atoms with Crippen molar-refractivity contribution in [3.8, 4) is 0 Å². The zero-order valence-electron chi connectivity index (χ0n) is 12.1. The average molecular weight is 294 g/mol. The number of hydrogen-bond donors (Lipinski definition) is 2. The fourth-order valence-corrected chi connectivity index (χ4v) is 1.27. The molecular formula is C11H22N2O5S. The lowest BCUT2D eigenvalue weighted by atomic mass is 10.0. The highest BCUT2D eigenvalue weighted by molar-refractivity contribution is 7.92. The first-order valence-corrected chi connectivity index (χ1v) is 7.57. The van der Waals surface area contributed by atoms with Gasteiger partial charge in [0.1, 0.15) is 5.54 Å². The van der Waals surface area contributed by atoms with Gasteiger partial charge in [0, 0.05) is 19.8 Å². The predicted octanol–water partition coefficient (Wildman–Crippen LogP) is 0.314. The summed E-state index contributed by atoms with van der Waals surface area (Å²) in [6, 6.07) is -0.635. The zero-order valence-corrected chi connectivity index (χ0v) is 13.0. The Kier molecular flexibility index (Phi) is 4.99. The molecule has 0 spiro atoms. The molecule has 0 bridgehead atoms. The minimum absolute atomic E-state index is 0.0926. The van der Waals surface area contributed by atoms with Crippen LogP contribution >= 0.6 is 0 Å². The summed E-state index contributed by atoms with van der Waals surface area (Å²) in [6.45, 7) is 5.66. The van der Waals surface area contributed by atoms with Gasteiger partial charge < -0.3 is 15.3 Å². The van der Waals surface area contributed by atoms with Crippen LogP contribution < -0.4 is 5.32 Å². The van der Waals surface area contributed by atoms with Gasteiger partial charge in [-0.15, -0.1) is 0 Å². The Labute approximate surface area is 113 Å². The summed E-state index contributed by atoms with van der Waals surface area (Å²) in [4.78, 5) is 23.9. The molecule has 0 fully saturated rings. The highest BCUT2D eigenvalue weighted by Crippen LogP contribution is 2.15. The molecule has 0 aromatic rings. The largest absolute Gasteiger partial charge is 0.480 e. The van der Waals surface area contributed by atoms with Crippen LogP contribution in [0.4, 0.5) is 4.79 Å². The van der Waals surface area contributed by atoms with Gasteiger partial charge in [-0.25, -0.2) is 18.0 Å². The molecule has 0 rings (SSSR count). The normalized spacial score (nSPS) is 12.9. The van der Waals surface area contributed by atoms with Crippen LogP contribution in [-0.4, -0.2) is 60.6 Å². The maximum Gasteiger partial charge on any atom is 0.329 e. The van der Waals surface area contributed by atoms with Crippen LogP contribution in [0.3, 0.4) is 0 Å². The Morgan fingerprint density at radius 2 is 1.63 bits per heavy atom. The van der Waals surface area contributed by atoms with Crippen molar-refractivity contribution in [2.75, 3.05) is 19.8 Å². The van der Waals surface area contributed by atoms with Crippen molar-refractivity contribution in [3.63, 3.8) is 0 Å². The average Bonchev–Trinajstić information content (AvgIpc) is 2.22. The van der Waals surface area contributed by atoms with Crippen LogP contribution in [0.25, 0.3) is 0 Å². The van der Waals surface area contributed by atoms with Gasteiger partial charge in [-0.2, -0.15) is 0 Å². The standard InChI is InChI=1S/C11H22N2O5S/c1-10(2,19(6,17)18)7-12-9(16)13(5)11(3,4)8(14)15/h7H2,1-6H3,(H,12,16)(H,14,15). The van der Waals surface area contributed by atoms with E-state index in [1.807, 2.05) is 0 Å². The highest BCUT2D eigenvalue weighted by Gasteiger charge is 2.37. The molecule has 0 heterocycles. The fraction of sp³-hybridized carbons (Fsp3) is 0.818. The number of nitrogens with one attached hydrogen (secondary N) is 1. The van der Waals surface area contributed by atoms with Crippen molar-refractivity contribution in [2.24, 2.45) is 0 Å². The van der Waals surface area contributed by atoms with Gasteiger partial charge in [0.25, 0.3) is 0 Å². The second-order valence-electron chi connectivity index (χ2n) is 5.61. The Hall–Kier alpha value is -1.31. The highest BCUT2D eigenvalue weighted by atomic mass is 32.2.